The molecule has 1 amide bonds. The van der Waals surface area contributed by atoms with Gasteiger partial charge in [0.2, 0.25) is 10.0 Å². The third-order valence-electron chi connectivity index (χ3n) is 3.23. The molecule has 0 aromatic heterocycles. The smallest absolute Gasteiger partial charge is 0.274 e. The molecule has 0 aliphatic carbocycles. The molecule has 2 aromatic carbocycles. The monoisotopic (exact) mass is 338 g/mol. The van der Waals surface area contributed by atoms with E-state index in [4.69, 9.17) is 5.21 Å². The Hall–Kier alpha value is -2.29. The van der Waals surface area contributed by atoms with E-state index >= 15 is 0 Å². The predicted molar refractivity (Wildman–Crippen MR) is 80.8 cm³/mol. The Labute approximate surface area is 133 Å². The van der Waals surface area contributed by atoms with E-state index < -0.39 is 27.8 Å². The maximum Gasteiger partial charge on any atom is 0.274 e. The summed E-state index contributed by atoms with van der Waals surface area (Å²) in [7, 11) is -3.79. The average Bonchev–Trinajstić information content (AvgIpc) is 2.54. The number of amides is 1. The van der Waals surface area contributed by atoms with Crippen molar-refractivity contribution in [1.82, 2.24) is 10.2 Å². The van der Waals surface area contributed by atoms with E-state index in [0.29, 0.717) is 5.56 Å². The molecule has 122 valence electrons. The lowest BCUT2D eigenvalue weighted by molar-refractivity contribution is 0.0706. The lowest BCUT2D eigenvalue weighted by Crippen LogP contribution is -2.27. The van der Waals surface area contributed by atoms with Crippen molar-refractivity contribution in [2.45, 2.75) is 17.9 Å². The van der Waals surface area contributed by atoms with Crippen LogP contribution in [0.3, 0.4) is 0 Å². The van der Waals surface area contributed by atoms with Gasteiger partial charge in [-0.25, -0.2) is 23.0 Å². The van der Waals surface area contributed by atoms with Crippen LogP contribution in [0.2, 0.25) is 0 Å². The van der Waals surface area contributed by atoms with Crippen molar-refractivity contribution in [3.63, 3.8) is 0 Å². The highest BCUT2D eigenvalue weighted by molar-refractivity contribution is 7.89. The van der Waals surface area contributed by atoms with Crippen molar-refractivity contribution in [3.8, 4) is 0 Å². The zero-order chi connectivity index (χ0) is 17.0. The second-order valence-corrected chi connectivity index (χ2v) is 6.57. The molecular weight excluding hydrogens is 323 g/mol. The number of benzene rings is 2. The van der Waals surface area contributed by atoms with Crippen LogP contribution in [-0.4, -0.2) is 19.5 Å². The van der Waals surface area contributed by atoms with Gasteiger partial charge in [-0.15, -0.1) is 0 Å². The minimum Gasteiger partial charge on any atom is -0.288 e. The Balaban J connectivity index is 2.16. The molecule has 23 heavy (non-hydrogen) atoms. The molecule has 0 spiro atoms. The van der Waals surface area contributed by atoms with Crippen LogP contribution in [-0.2, 0) is 10.0 Å². The number of hydrogen-bond donors (Lipinski definition) is 3. The van der Waals surface area contributed by atoms with Crippen LogP contribution in [0.4, 0.5) is 4.39 Å². The second kappa shape index (κ2) is 6.86. The Morgan fingerprint density at radius 3 is 2.17 bits per heavy atom. The van der Waals surface area contributed by atoms with Crippen molar-refractivity contribution in [3.05, 3.63) is 65.5 Å². The normalized spacial score (nSPS) is 12.7. The molecule has 1 unspecified atom stereocenters. The molecule has 0 radical (unpaired) electrons. The van der Waals surface area contributed by atoms with Gasteiger partial charge in [-0.3, -0.25) is 10.0 Å². The summed E-state index contributed by atoms with van der Waals surface area (Å²) < 4.78 is 39.8. The van der Waals surface area contributed by atoms with Gasteiger partial charge in [0.15, 0.2) is 0 Å². The van der Waals surface area contributed by atoms with E-state index in [-0.39, 0.29) is 10.5 Å². The van der Waals surface area contributed by atoms with Gasteiger partial charge in [-0.2, -0.15) is 0 Å². The summed E-state index contributed by atoms with van der Waals surface area (Å²) in [6.07, 6.45) is 0. The number of carbonyl (C=O) groups excluding carboxylic acids is 1. The van der Waals surface area contributed by atoms with Crippen LogP contribution < -0.4 is 10.2 Å². The molecule has 1 atom stereocenters. The van der Waals surface area contributed by atoms with Crippen molar-refractivity contribution in [2.75, 3.05) is 0 Å². The molecule has 0 saturated carbocycles. The number of hydroxylamine groups is 1. The lowest BCUT2D eigenvalue weighted by atomic mass is 10.1. The Morgan fingerprint density at radius 1 is 1.09 bits per heavy atom. The Bertz CT molecular complexity index is 789. The first kappa shape index (κ1) is 17.1. The molecule has 0 fully saturated rings. The minimum atomic E-state index is -3.79. The zero-order valence-electron chi connectivity index (χ0n) is 12.2. The third-order valence-corrected chi connectivity index (χ3v) is 4.79. The summed E-state index contributed by atoms with van der Waals surface area (Å²) >= 11 is 0. The summed E-state index contributed by atoms with van der Waals surface area (Å²) in [6, 6.07) is 10.0. The fourth-order valence-electron chi connectivity index (χ4n) is 1.97. The number of hydrogen-bond acceptors (Lipinski definition) is 4. The van der Waals surface area contributed by atoms with Crippen molar-refractivity contribution >= 4 is 15.9 Å². The van der Waals surface area contributed by atoms with Crippen LogP contribution in [0.15, 0.2) is 53.4 Å². The summed E-state index contributed by atoms with van der Waals surface area (Å²) in [6.45, 7) is 1.64. The van der Waals surface area contributed by atoms with Gasteiger partial charge in [-0.1, -0.05) is 12.1 Å². The quantitative estimate of drug-likeness (QED) is 0.574. The van der Waals surface area contributed by atoms with E-state index in [9.17, 15) is 17.6 Å². The number of carbonyl (C=O) groups is 1. The van der Waals surface area contributed by atoms with Crippen molar-refractivity contribution in [1.29, 1.82) is 0 Å². The minimum absolute atomic E-state index is 0.0398. The van der Waals surface area contributed by atoms with E-state index in [2.05, 4.69) is 4.72 Å². The fraction of sp³-hybridized carbons (Fsp3) is 0.133. The number of halogens is 1. The molecule has 0 aliphatic rings. The van der Waals surface area contributed by atoms with Crippen LogP contribution in [0.25, 0.3) is 0 Å². The highest BCUT2D eigenvalue weighted by Crippen LogP contribution is 2.18. The van der Waals surface area contributed by atoms with Gasteiger partial charge in [0.25, 0.3) is 5.91 Å². The number of sulfonamides is 1. The highest BCUT2D eigenvalue weighted by atomic mass is 32.2. The van der Waals surface area contributed by atoms with Gasteiger partial charge < -0.3 is 0 Å². The van der Waals surface area contributed by atoms with Gasteiger partial charge in [0.05, 0.1) is 4.90 Å². The first-order valence-electron chi connectivity index (χ1n) is 6.66. The van der Waals surface area contributed by atoms with E-state index in [1.54, 1.807) is 19.1 Å². The maximum absolute atomic E-state index is 12.9. The molecule has 0 saturated heterocycles. The van der Waals surface area contributed by atoms with E-state index in [1.807, 2.05) is 0 Å². The molecule has 8 heteroatoms. The van der Waals surface area contributed by atoms with Gasteiger partial charge >= 0.3 is 0 Å². The predicted octanol–water partition coefficient (Wildman–Crippen LogP) is 1.98. The zero-order valence-corrected chi connectivity index (χ0v) is 13.0. The molecule has 0 heterocycles. The second-order valence-electron chi connectivity index (χ2n) is 4.86. The molecule has 2 aromatic rings. The Morgan fingerprint density at radius 2 is 1.65 bits per heavy atom. The number of nitrogens with one attached hydrogen (secondary N) is 2. The average molecular weight is 338 g/mol. The van der Waals surface area contributed by atoms with Crippen LogP contribution in [0.1, 0.15) is 28.9 Å². The standard InChI is InChI=1S/C15H15FN2O4S/c1-10(11-2-4-12(5-3-11)15(19)17-20)18-23(21,22)14-8-6-13(16)7-9-14/h2-10,18,20H,1H3,(H,17,19). The molecule has 3 N–H and O–H groups in total. The maximum atomic E-state index is 12.9. The van der Waals surface area contributed by atoms with E-state index in [0.717, 1.165) is 12.1 Å². The lowest BCUT2D eigenvalue weighted by Gasteiger charge is -2.15. The summed E-state index contributed by atoms with van der Waals surface area (Å²) in [4.78, 5) is 11.2. The van der Waals surface area contributed by atoms with Gasteiger partial charge in [0, 0.05) is 11.6 Å². The molecule has 2 rings (SSSR count). The van der Waals surface area contributed by atoms with Gasteiger partial charge in [-0.05, 0) is 48.9 Å². The topological polar surface area (TPSA) is 95.5 Å². The van der Waals surface area contributed by atoms with E-state index in [1.165, 1.54) is 29.7 Å². The largest absolute Gasteiger partial charge is 0.288 e. The third kappa shape index (κ3) is 4.13. The molecule has 6 nitrogen and oxygen atoms in total. The van der Waals surface area contributed by atoms with Crippen molar-refractivity contribution < 1.29 is 22.8 Å². The fourth-order valence-corrected chi connectivity index (χ4v) is 3.20. The first-order chi connectivity index (χ1) is 10.8. The summed E-state index contributed by atoms with van der Waals surface area (Å²) in [5, 5.41) is 8.55. The van der Waals surface area contributed by atoms with Crippen molar-refractivity contribution in [2.24, 2.45) is 0 Å². The van der Waals surface area contributed by atoms with Crippen LogP contribution in [0, 0.1) is 5.82 Å². The molecular formula is C15H15FN2O4S. The SMILES string of the molecule is CC(NS(=O)(=O)c1ccc(F)cc1)c1ccc(C(=O)NO)cc1. The highest BCUT2D eigenvalue weighted by Gasteiger charge is 2.18. The Kier molecular flexibility index (Phi) is 5.09. The van der Waals surface area contributed by atoms with Crippen LogP contribution >= 0.6 is 0 Å². The summed E-state index contributed by atoms with van der Waals surface area (Å²) in [5.41, 5.74) is 2.38. The first-order valence-corrected chi connectivity index (χ1v) is 8.14. The number of rotatable bonds is 5. The summed E-state index contributed by atoms with van der Waals surface area (Å²) in [5.74, 6) is -1.18. The van der Waals surface area contributed by atoms with Gasteiger partial charge in [0.1, 0.15) is 5.82 Å². The molecule has 0 aliphatic heterocycles. The molecule has 0 bridgehead atoms. The van der Waals surface area contributed by atoms with Crippen LogP contribution in [0.5, 0.6) is 0 Å².